The molecule has 0 unspecified atom stereocenters. The summed E-state index contributed by atoms with van der Waals surface area (Å²) in [5.41, 5.74) is 2.46. The number of halogens is 1. The minimum atomic E-state index is 0.683. The lowest BCUT2D eigenvalue weighted by atomic mass is 10.2. The fourth-order valence-corrected chi connectivity index (χ4v) is 2.61. The number of aromatic nitrogens is 1. The van der Waals surface area contributed by atoms with Gasteiger partial charge in [0.15, 0.2) is 0 Å². The molecule has 0 radical (unpaired) electrons. The molecule has 2 aromatic rings. The van der Waals surface area contributed by atoms with Crippen LogP contribution in [0.5, 0.6) is 5.75 Å². The first-order valence-corrected chi connectivity index (χ1v) is 8.14. The van der Waals surface area contributed by atoms with Crippen molar-refractivity contribution < 1.29 is 4.74 Å². The van der Waals surface area contributed by atoms with E-state index in [0.717, 1.165) is 23.2 Å². The average Bonchev–Trinajstić information content (AvgIpc) is 3.32. The van der Waals surface area contributed by atoms with Crippen molar-refractivity contribution in [3.05, 3.63) is 58.3 Å². The van der Waals surface area contributed by atoms with Gasteiger partial charge in [0.25, 0.3) is 0 Å². The second-order valence-corrected chi connectivity index (χ2v) is 6.28. The summed E-state index contributed by atoms with van der Waals surface area (Å²) in [6.45, 7) is 1.55. The first-order chi connectivity index (χ1) is 10.3. The molecular formula is C17H19BrN2O. The molecule has 3 nitrogen and oxygen atoms in total. The summed E-state index contributed by atoms with van der Waals surface area (Å²) in [4.78, 5) is 4.03. The molecule has 1 N–H and O–H groups in total. The smallest absolute Gasteiger partial charge is 0.123 e. The summed E-state index contributed by atoms with van der Waals surface area (Å²) in [7, 11) is 0. The minimum Gasteiger partial charge on any atom is -0.493 e. The predicted molar refractivity (Wildman–Crippen MR) is 87.4 cm³/mol. The van der Waals surface area contributed by atoms with Crippen molar-refractivity contribution >= 4 is 15.9 Å². The Morgan fingerprint density at radius 1 is 1.19 bits per heavy atom. The van der Waals surface area contributed by atoms with E-state index < -0.39 is 0 Å². The minimum absolute atomic E-state index is 0.683. The van der Waals surface area contributed by atoms with E-state index in [2.05, 4.69) is 32.3 Å². The molecule has 0 bridgehead atoms. The molecular weight excluding hydrogens is 328 g/mol. The van der Waals surface area contributed by atoms with Gasteiger partial charge in [-0.25, -0.2) is 0 Å². The molecule has 1 saturated carbocycles. The molecule has 1 aromatic heterocycles. The number of pyridine rings is 1. The Morgan fingerprint density at radius 3 is 2.76 bits per heavy atom. The number of ether oxygens (including phenoxy) is 1. The van der Waals surface area contributed by atoms with Gasteiger partial charge in [-0.05, 0) is 48.7 Å². The molecule has 1 aromatic carbocycles. The standard InChI is InChI=1S/C17H19BrN2O/c18-15-1-4-17(14(11-15)12-20-16-2-3-16)21-10-7-13-5-8-19-9-6-13/h1,4-6,8-9,11,16,20H,2-3,7,10,12H2. The van der Waals surface area contributed by atoms with Gasteiger partial charge in [0.2, 0.25) is 0 Å². The fraction of sp³-hybridized carbons (Fsp3) is 0.353. The van der Waals surface area contributed by atoms with Crippen molar-refractivity contribution in [1.82, 2.24) is 10.3 Å². The molecule has 0 spiro atoms. The van der Waals surface area contributed by atoms with Crippen molar-refractivity contribution in [2.75, 3.05) is 6.61 Å². The third-order valence-corrected chi connectivity index (χ3v) is 4.07. The Balaban J connectivity index is 1.58. The lowest BCUT2D eigenvalue weighted by molar-refractivity contribution is 0.317. The van der Waals surface area contributed by atoms with E-state index in [9.17, 15) is 0 Å². The highest BCUT2D eigenvalue weighted by molar-refractivity contribution is 9.10. The van der Waals surface area contributed by atoms with Crippen molar-refractivity contribution in [3.63, 3.8) is 0 Å². The molecule has 21 heavy (non-hydrogen) atoms. The van der Waals surface area contributed by atoms with Crippen LogP contribution in [0.4, 0.5) is 0 Å². The molecule has 0 atom stereocenters. The molecule has 1 heterocycles. The normalized spacial score (nSPS) is 14.1. The molecule has 110 valence electrons. The van der Waals surface area contributed by atoms with Crippen molar-refractivity contribution in [2.45, 2.75) is 31.8 Å². The van der Waals surface area contributed by atoms with Gasteiger partial charge in [-0.1, -0.05) is 15.9 Å². The van der Waals surface area contributed by atoms with Crippen LogP contribution in [-0.2, 0) is 13.0 Å². The SMILES string of the molecule is Brc1ccc(OCCc2ccncc2)c(CNC2CC2)c1. The average molecular weight is 347 g/mol. The Labute approximate surface area is 133 Å². The largest absolute Gasteiger partial charge is 0.493 e. The van der Waals surface area contributed by atoms with Gasteiger partial charge in [0.05, 0.1) is 6.61 Å². The van der Waals surface area contributed by atoms with Crippen LogP contribution in [0.1, 0.15) is 24.0 Å². The van der Waals surface area contributed by atoms with Crippen LogP contribution in [0.25, 0.3) is 0 Å². The second-order valence-electron chi connectivity index (χ2n) is 5.36. The Morgan fingerprint density at radius 2 is 2.00 bits per heavy atom. The summed E-state index contributed by atoms with van der Waals surface area (Å²) in [6.07, 6.45) is 7.13. The summed E-state index contributed by atoms with van der Waals surface area (Å²) in [5.74, 6) is 0.973. The monoisotopic (exact) mass is 346 g/mol. The Hall–Kier alpha value is -1.39. The van der Waals surface area contributed by atoms with Gasteiger partial charge in [-0.15, -0.1) is 0 Å². The molecule has 0 saturated heterocycles. The second kappa shape index (κ2) is 7.05. The third kappa shape index (κ3) is 4.55. The highest BCUT2D eigenvalue weighted by Crippen LogP contribution is 2.25. The first-order valence-electron chi connectivity index (χ1n) is 7.35. The van der Waals surface area contributed by atoms with E-state index in [0.29, 0.717) is 12.6 Å². The van der Waals surface area contributed by atoms with E-state index in [4.69, 9.17) is 4.74 Å². The molecule has 3 rings (SSSR count). The van der Waals surface area contributed by atoms with Gasteiger partial charge in [-0.3, -0.25) is 4.98 Å². The maximum absolute atomic E-state index is 5.97. The van der Waals surface area contributed by atoms with E-state index in [1.54, 1.807) is 0 Å². The van der Waals surface area contributed by atoms with Gasteiger partial charge in [0, 0.05) is 41.4 Å². The van der Waals surface area contributed by atoms with Gasteiger partial charge >= 0.3 is 0 Å². The van der Waals surface area contributed by atoms with E-state index >= 15 is 0 Å². The lowest BCUT2D eigenvalue weighted by Crippen LogP contribution is -2.16. The fourth-order valence-electron chi connectivity index (χ4n) is 2.20. The van der Waals surface area contributed by atoms with E-state index in [-0.39, 0.29) is 0 Å². The Bertz CT molecular complexity index is 585. The summed E-state index contributed by atoms with van der Waals surface area (Å²) >= 11 is 3.53. The summed E-state index contributed by atoms with van der Waals surface area (Å²) in [5, 5.41) is 3.54. The maximum Gasteiger partial charge on any atom is 0.123 e. The zero-order valence-electron chi connectivity index (χ0n) is 11.9. The number of hydrogen-bond donors (Lipinski definition) is 1. The highest BCUT2D eigenvalue weighted by Gasteiger charge is 2.20. The quantitative estimate of drug-likeness (QED) is 0.829. The number of nitrogens with zero attached hydrogens (tertiary/aromatic N) is 1. The lowest BCUT2D eigenvalue weighted by Gasteiger charge is -2.13. The molecule has 1 aliphatic rings. The third-order valence-electron chi connectivity index (χ3n) is 3.58. The predicted octanol–water partition coefficient (Wildman–Crippen LogP) is 3.72. The number of hydrogen-bond acceptors (Lipinski definition) is 3. The van der Waals surface area contributed by atoms with Crippen LogP contribution in [0.2, 0.25) is 0 Å². The number of nitrogens with one attached hydrogen (secondary N) is 1. The van der Waals surface area contributed by atoms with Crippen LogP contribution in [0.3, 0.4) is 0 Å². The van der Waals surface area contributed by atoms with Crippen LogP contribution < -0.4 is 10.1 Å². The topological polar surface area (TPSA) is 34.1 Å². The molecule has 0 amide bonds. The number of rotatable bonds is 7. The first kappa shape index (κ1) is 14.5. The summed E-state index contributed by atoms with van der Waals surface area (Å²) < 4.78 is 7.06. The van der Waals surface area contributed by atoms with Crippen LogP contribution in [0, 0.1) is 0 Å². The van der Waals surface area contributed by atoms with E-state index in [1.807, 2.05) is 36.7 Å². The van der Waals surface area contributed by atoms with Gasteiger partial charge in [0.1, 0.15) is 5.75 Å². The van der Waals surface area contributed by atoms with Crippen molar-refractivity contribution in [1.29, 1.82) is 0 Å². The highest BCUT2D eigenvalue weighted by atomic mass is 79.9. The van der Waals surface area contributed by atoms with Gasteiger partial charge < -0.3 is 10.1 Å². The molecule has 1 aliphatic carbocycles. The Kier molecular flexibility index (Phi) is 4.88. The molecule has 0 aliphatic heterocycles. The van der Waals surface area contributed by atoms with Crippen LogP contribution in [-0.4, -0.2) is 17.6 Å². The number of benzene rings is 1. The van der Waals surface area contributed by atoms with Crippen molar-refractivity contribution in [3.8, 4) is 5.75 Å². The van der Waals surface area contributed by atoms with Crippen molar-refractivity contribution in [2.24, 2.45) is 0 Å². The zero-order valence-corrected chi connectivity index (χ0v) is 13.5. The van der Waals surface area contributed by atoms with E-state index in [1.165, 1.54) is 24.0 Å². The zero-order chi connectivity index (χ0) is 14.5. The van der Waals surface area contributed by atoms with Gasteiger partial charge in [-0.2, -0.15) is 0 Å². The molecule has 1 fully saturated rings. The maximum atomic E-state index is 5.97. The van der Waals surface area contributed by atoms with Crippen LogP contribution in [0.15, 0.2) is 47.2 Å². The summed E-state index contributed by atoms with van der Waals surface area (Å²) in [6, 6.07) is 11.0. The van der Waals surface area contributed by atoms with Crippen LogP contribution >= 0.6 is 15.9 Å². The molecule has 4 heteroatoms.